The zero-order valence-corrected chi connectivity index (χ0v) is 10.0. The molecular weight excluding hydrogens is 340 g/mol. The zero-order chi connectivity index (χ0) is 12.3. The summed E-state index contributed by atoms with van der Waals surface area (Å²) in [6.45, 7) is -0.607. The van der Waals surface area contributed by atoms with E-state index in [9.17, 15) is 13.2 Å². The smallest absolute Gasteiger partial charge is 0.391 e. The fourth-order valence-corrected chi connectivity index (χ4v) is 1.71. The molecule has 1 rings (SSSR count). The number of alkyl halides is 3. The summed E-state index contributed by atoms with van der Waals surface area (Å²) in [7, 11) is 0. The normalized spacial score (nSPS) is 11.6. The summed E-state index contributed by atoms with van der Waals surface area (Å²) < 4.78 is 40.2. The quantitative estimate of drug-likeness (QED) is 0.642. The third-order valence-electron chi connectivity index (χ3n) is 1.74. The fourth-order valence-electron chi connectivity index (χ4n) is 1.11. The number of hydrogen-bond donors (Lipinski definition) is 2. The van der Waals surface area contributed by atoms with E-state index in [-0.39, 0.29) is 12.1 Å². The van der Waals surface area contributed by atoms with Gasteiger partial charge in [-0.05, 0) is 34.2 Å². The molecule has 4 nitrogen and oxygen atoms in total. The summed E-state index contributed by atoms with van der Waals surface area (Å²) in [5, 5.41) is 8.97. The Kier molecular flexibility index (Phi) is 4.33. The number of aliphatic hydroxyl groups is 1. The van der Waals surface area contributed by atoms with Gasteiger partial charge in [-0.3, -0.25) is 0 Å². The molecule has 0 amide bonds. The first kappa shape index (κ1) is 13.5. The lowest BCUT2D eigenvalue weighted by molar-refractivity contribution is -0.276. The maximum atomic E-state index is 12.0. The standard InChI is InChI=1S/C8H8F3IN2O2/c9-8(10,11)16-7-5(3-15)4(2-13)1-6(12)14-7/h1,15H,2-3,13H2. The molecule has 0 aliphatic heterocycles. The van der Waals surface area contributed by atoms with Gasteiger partial charge in [0.2, 0.25) is 5.88 Å². The second-order valence-electron chi connectivity index (χ2n) is 2.80. The SMILES string of the molecule is NCc1cc(I)nc(OC(F)(F)F)c1CO. The molecule has 0 spiro atoms. The van der Waals surface area contributed by atoms with Gasteiger partial charge < -0.3 is 15.6 Å². The van der Waals surface area contributed by atoms with Crippen LogP contribution in [0.25, 0.3) is 0 Å². The Hall–Kier alpha value is -0.610. The summed E-state index contributed by atoms with van der Waals surface area (Å²) in [4.78, 5) is 3.57. The molecule has 0 atom stereocenters. The largest absolute Gasteiger partial charge is 0.574 e. The number of nitrogens with zero attached hydrogens (tertiary/aromatic N) is 1. The minimum Gasteiger partial charge on any atom is -0.391 e. The molecule has 0 bridgehead atoms. The van der Waals surface area contributed by atoms with Gasteiger partial charge in [0.1, 0.15) is 3.70 Å². The van der Waals surface area contributed by atoms with Crippen molar-refractivity contribution in [2.45, 2.75) is 19.5 Å². The number of rotatable bonds is 3. The van der Waals surface area contributed by atoms with Crippen molar-refractivity contribution < 1.29 is 23.0 Å². The van der Waals surface area contributed by atoms with E-state index in [1.807, 2.05) is 0 Å². The maximum absolute atomic E-state index is 12.0. The van der Waals surface area contributed by atoms with Gasteiger partial charge in [0.15, 0.2) is 0 Å². The number of nitrogens with two attached hydrogens (primary N) is 1. The molecule has 0 saturated heterocycles. The minimum absolute atomic E-state index is 0.00261. The Labute approximate surface area is 103 Å². The van der Waals surface area contributed by atoms with Crippen LogP contribution >= 0.6 is 22.6 Å². The van der Waals surface area contributed by atoms with E-state index in [0.717, 1.165) is 0 Å². The van der Waals surface area contributed by atoms with Crippen molar-refractivity contribution >= 4 is 22.6 Å². The second kappa shape index (κ2) is 5.15. The van der Waals surface area contributed by atoms with Crippen molar-refractivity contribution in [1.29, 1.82) is 0 Å². The Morgan fingerprint density at radius 2 is 2.12 bits per heavy atom. The van der Waals surface area contributed by atoms with Crippen molar-refractivity contribution in [2.24, 2.45) is 5.73 Å². The average Bonchev–Trinajstić information content (AvgIpc) is 2.14. The monoisotopic (exact) mass is 348 g/mol. The van der Waals surface area contributed by atoms with Crippen LogP contribution in [0, 0.1) is 3.70 Å². The van der Waals surface area contributed by atoms with Crippen molar-refractivity contribution in [1.82, 2.24) is 4.98 Å². The molecule has 3 N–H and O–H groups in total. The molecule has 0 fully saturated rings. The first-order chi connectivity index (χ1) is 7.37. The minimum atomic E-state index is -4.84. The van der Waals surface area contributed by atoms with E-state index in [0.29, 0.717) is 9.26 Å². The van der Waals surface area contributed by atoms with E-state index < -0.39 is 18.8 Å². The molecule has 16 heavy (non-hydrogen) atoms. The zero-order valence-electron chi connectivity index (χ0n) is 7.88. The lowest BCUT2D eigenvalue weighted by Crippen LogP contribution is -2.20. The van der Waals surface area contributed by atoms with Crippen LogP contribution in [0.5, 0.6) is 5.88 Å². The summed E-state index contributed by atoms with van der Waals surface area (Å²) in [6, 6.07) is 1.50. The molecular formula is C8H8F3IN2O2. The number of pyridine rings is 1. The number of ether oxygens (including phenoxy) is 1. The molecule has 0 radical (unpaired) electrons. The van der Waals surface area contributed by atoms with Crippen LogP contribution < -0.4 is 10.5 Å². The Morgan fingerprint density at radius 1 is 1.50 bits per heavy atom. The maximum Gasteiger partial charge on any atom is 0.574 e. The molecule has 8 heteroatoms. The van der Waals surface area contributed by atoms with Crippen molar-refractivity contribution in [3.63, 3.8) is 0 Å². The highest BCUT2D eigenvalue weighted by molar-refractivity contribution is 14.1. The summed E-state index contributed by atoms with van der Waals surface area (Å²) in [5.74, 6) is -0.651. The Morgan fingerprint density at radius 3 is 2.56 bits per heavy atom. The molecule has 0 aromatic carbocycles. The molecule has 0 aliphatic rings. The van der Waals surface area contributed by atoms with Crippen molar-refractivity contribution in [3.05, 3.63) is 20.9 Å². The first-order valence-electron chi connectivity index (χ1n) is 4.12. The van der Waals surface area contributed by atoms with Crippen LogP contribution in [-0.4, -0.2) is 16.5 Å². The van der Waals surface area contributed by atoms with Crippen LogP contribution in [0.3, 0.4) is 0 Å². The molecule has 0 aliphatic carbocycles. The van der Waals surface area contributed by atoms with Gasteiger partial charge in [-0.15, -0.1) is 13.2 Å². The Bertz CT molecular complexity index is 384. The van der Waals surface area contributed by atoms with E-state index in [1.54, 1.807) is 22.6 Å². The lowest BCUT2D eigenvalue weighted by Gasteiger charge is -2.14. The molecule has 1 heterocycles. The van der Waals surface area contributed by atoms with E-state index in [2.05, 4.69) is 9.72 Å². The highest BCUT2D eigenvalue weighted by atomic mass is 127. The predicted octanol–water partition coefficient (Wildman–Crippen LogP) is 1.54. The van der Waals surface area contributed by atoms with Crippen LogP contribution in [0.15, 0.2) is 6.07 Å². The highest BCUT2D eigenvalue weighted by Crippen LogP contribution is 2.27. The molecule has 0 saturated carbocycles. The van der Waals surface area contributed by atoms with Gasteiger partial charge in [-0.25, -0.2) is 4.98 Å². The molecule has 1 aromatic heterocycles. The predicted molar refractivity (Wildman–Crippen MR) is 57.5 cm³/mol. The lowest BCUT2D eigenvalue weighted by atomic mass is 10.1. The fraction of sp³-hybridized carbons (Fsp3) is 0.375. The Balaban J connectivity index is 3.20. The van der Waals surface area contributed by atoms with Gasteiger partial charge >= 0.3 is 6.36 Å². The van der Waals surface area contributed by atoms with Gasteiger partial charge in [0.25, 0.3) is 0 Å². The third kappa shape index (κ3) is 3.46. The molecule has 90 valence electrons. The van der Waals surface area contributed by atoms with Gasteiger partial charge in [-0.1, -0.05) is 0 Å². The second-order valence-corrected chi connectivity index (χ2v) is 3.90. The number of halogens is 4. The number of aromatic nitrogens is 1. The van der Waals surface area contributed by atoms with Crippen LogP contribution in [0.2, 0.25) is 0 Å². The van der Waals surface area contributed by atoms with E-state index >= 15 is 0 Å². The summed E-state index contributed by atoms with van der Waals surface area (Å²) >= 11 is 1.74. The third-order valence-corrected chi connectivity index (χ3v) is 2.29. The number of aliphatic hydroxyl groups excluding tert-OH is 1. The first-order valence-corrected chi connectivity index (χ1v) is 5.20. The molecule has 0 unspecified atom stereocenters. The van der Waals surface area contributed by atoms with Crippen LogP contribution in [0.4, 0.5) is 13.2 Å². The number of hydrogen-bond acceptors (Lipinski definition) is 4. The average molecular weight is 348 g/mol. The summed E-state index contributed by atoms with van der Waals surface area (Å²) in [6.07, 6.45) is -4.84. The summed E-state index contributed by atoms with van der Waals surface area (Å²) in [5.41, 5.74) is 5.68. The highest BCUT2D eigenvalue weighted by Gasteiger charge is 2.33. The van der Waals surface area contributed by atoms with Crippen molar-refractivity contribution in [3.8, 4) is 5.88 Å². The van der Waals surface area contributed by atoms with Gasteiger partial charge in [0, 0.05) is 12.1 Å². The van der Waals surface area contributed by atoms with Crippen molar-refractivity contribution in [2.75, 3.05) is 0 Å². The molecule has 1 aromatic rings. The van der Waals surface area contributed by atoms with E-state index in [4.69, 9.17) is 10.8 Å². The van der Waals surface area contributed by atoms with E-state index in [1.165, 1.54) is 6.07 Å². The van der Waals surface area contributed by atoms with Gasteiger partial charge in [-0.2, -0.15) is 0 Å². The van der Waals surface area contributed by atoms with Crippen LogP contribution in [-0.2, 0) is 13.2 Å². The topological polar surface area (TPSA) is 68.4 Å². The van der Waals surface area contributed by atoms with Gasteiger partial charge in [0.05, 0.1) is 6.61 Å². The van der Waals surface area contributed by atoms with Crippen LogP contribution in [0.1, 0.15) is 11.1 Å².